The van der Waals surface area contributed by atoms with Gasteiger partial charge in [-0.2, -0.15) is 0 Å². The van der Waals surface area contributed by atoms with E-state index in [1.165, 1.54) is 173 Å². The third-order valence-electron chi connectivity index (χ3n) is 11.6. The molecule has 61 heavy (non-hydrogen) atoms. The number of hydrogen-bond acceptors (Lipinski definition) is 6. The highest BCUT2D eigenvalue weighted by Gasteiger charge is 2.23. The van der Waals surface area contributed by atoms with Crippen molar-refractivity contribution in [3.05, 3.63) is 36.5 Å². The molecule has 0 aliphatic carbocycles. The normalized spacial score (nSPS) is 14.4. The molecule has 1 amide bonds. The van der Waals surface area contributed by atoms with Crippen molar-refractivity contribution in [3.8, 4) is 0 Å². The summed E-state index contributed by atoms with van der Waals surface area (Å²) in [6, 6.07) is -0.904. The number of nitrogens with one attached hydrogen (secondary N) is 1. The summed E-state index contributed by atoms with van der Waals surface area (Å²) in [7, 11) is 1.24. The van der Waals surface area contributed by atoms with E-state index in [0.29, 0.717) is 17.4 Å². The monoisotopic (exact) mass is 881 g/mol. The Morgan fingerprint density at radius 1 is 0.557 bits per heavy atom. The second-order valence-corrected chi connectivity index (χ2v) is 20.3. The van der Waals surface area contributed by atoms with E-state index in [-0.39, 0.29) is 12.5 Å². The molecule has 0 fully saturated rings. The number of carbonyl (C=O) groups is 1. The van der Waals surface area contributed by atoms with Gasteiger partial charge in [-0.1, -0.05) is 224 Å². The third kappa shape index (κ3) is 46.5. The third-order valence-corrected chi connectivity index (χ3v) is 12.5. The molecule has 0 saturated carbocycles. The van der Waals surface area contributed by atoms with Crippen LogP contribution in [0.3, 0.4) is 0 Å². The highest BCUT2D eigenvalue weighted by atomic mass is 31.2. The quantitative estimate of drug-likeness (QED) is 0.0273. The van der Waals surface area contributed by atoms with E-state index in [0.717, 1.165) is 44.9 Å². The number of quaternary nitrogens is 1. The van der Waals surface area contributed by atoms with Crippen molar-refractivity contribution in [2.45, 2.75) is 251 Å². The number of allylic oxidation sites excluding steroid dienone is 5. The van der Waals surface area contributed by atoms with E-state index >= 15 is 0 Å². The predicted molar refractivity (Wildman–Crippen MR) is 261 cm³/mol. The van der Waals surface area contributed by atoms with Gasteiger partial charge in [-0.15, -0.1) is 0 Å². The van der Waals surface area contributed by atoms with Crippen LogP contribution in [0, 0.1) is 0 Å². The van der Waals surface area contributed by atoms with Gasteiger partial charge in [0.1, 0.15) is 13.2 Å². The van der Waals surface area contributed by atoms with Crippen LogP contribution in [0.5, 0.6) is 0 Å². The number of rotatable bonds is 47. The van der Waals surface area contributed by atoms with Crippen molar-refractivity contribution in [1.29, 1.82) is 0 Å². The second-order valence-electron chi connectivity index (χ2n) is 18.9. The van der Waals surface area contributed by atoms with Crippen molar-refractivity contribution < 1.29 is 32.9 Å². The average Bonchev–Trinajstić information content (AvgIpc) is 3.21. The lowest BCUT2D eigenvalue weighted by Gasteiger charge is -2.29. The number of likely N-dealkylation sites (N-methyl/N-ethyl adjacent to an activating group) is 1. The van der Waals surface area contributed by atoms with Crippen LogP contribution in [0.25, 0.3) is 0 Å². The lowest BCUT2D eigenvalue weighted by atomic mass is 10.0. The first-order chi connectivity index (χ1) is 29.5. The molecule has 0 radical (unpaired) electrons. The molecule has 0 aromatic carbocycles. The van der Waals surface area contributed by atoms with Crippen LogP contribution < -0.4 is 10.2 Å². The Morgan fingerprint density at radius 2 is 0.918 bits per heavy atom. The zero-order valence-corrected chi connectivity index (χ0v) is 41.8. The molecule has 0 heterocycles. The van der Waals surface area contributed by atoms with Crippen molar-refractivity contribution in [2.24, 2.45) is 0 Å². The summed E-state index contributed by atoms with van der Waals surface area (Å²) in [5.74, 6) is -0.218. The molecule has 0 aromatic heterocycles. The summed E-state index contributed by atoms with van der Waals surface area (Å²) in [4.78, 5) is 25.1. The van der Waals surface area contributed by atoms with Crippen molar-refractivity contribution in [3.63, 3.8) is 0 Å². The lowest BCUT2D eigenvalue weighted by Crippen LogP contribution is -2.45. The minimum absolute atomic E-state index is 0.00841. The lowest BCUT2D eigenvalue weighted by molar-refractivity contribution is -0.870. The Balaban J connectivity index is 4.04. The van der Waals surface area contributed by atoms with Crippen LogP contribution in [0.1, 0.15) is 239 Å². The molecule has 3 atom stereocenters. The number of phosphoric acid groups is 1. The second kappa shape index (κ2) is 43.9. The van der Waals surface area contributed by atoms with E-state index < -0.39 is 26.6 Å². The minimum Gasteiger partial charge on any atom is -0.756 e. The zero-order chi connectivity index (χ0) is 45.0. The van der Waals surface area contributed by atoms with Gasteiger partial charge >= 0.3 is 0 Å². The Labute approximate surface area is 378 Å². The zero-order valence-electron chi connectivity index (χ0n) is 40.9. The first-order valence-electron chi connectivity index (χ1n) is 25.9. The van der Waals surface area contributed by atoms with E-state index in [2.05, 4.69) is 43.5 Å². The highest BCUT2D eigenvalue weighted by Crippen LogP contribution is 2.38. The summed E-state index contributed by atoms with van der Waals surface area (Å²) in [5.41, 5.74) is 0. The first kappa shape index (κ1) is 59.7. The molecule has 0 aliphatic rings. The Kier molecular flexibility index (Phi) is 43.0. The molecule has 0 saturated heterocycles. The summed E-state index contributed by atoms with van der Waals surface area (Å²) < 4.78 is 23.1. The molecule has 3 unspecified atom stereocenters. The van der Waals surface area contributed by atoms with E-state index in [4.69, 9.17) is 9.05 Å². The molecule has 0 aromatic rings. The highest BCUT2D eigenvalue weighted by molar-refractivity contribution is 7.45. The number of carbonyl (C=O) groups excluding carboxylic acids is 1. The number of unbranched alkanes of at least 4 members (excludes halogenated alkanes) is 30. The van der Waals surface area contributed by atoms with Gasteiger partial charge in [0.15, 0.2) is 0 Å². The summed E-state index contributed by atoms with van der Waals surface area (Å²) in [6.45, 7) is 4.57. The molecule has 0 rings (SSSR count). The van der Waals surface area contributed by atoms with Crippen molar-refractivity contribution >= 4 is 13.7 Å². The summed E-state index contributed by atoms with van der Waals surface area (Å²) in [5, 5.41) is 13.7. The maximum absolute atomic E-state index is 12.7. The van der Waals surface area contributed by atoms with Crippen molar-refractivity contribution in [1.82, 2.24) is 5.32 Å². The summed E-state index contributed by atoms with van der Waals surface area (Å²) in [6.07, 6.45) is 55.5. The fourth-order valence-corrected chi connectivity index (χ4v) is 8.20. The van der Waals surface area contributed by atoms with Crippen LogP contribution in [0.4, 0.5) is 0 Å². The first-order valence-corrected chi connectivity index (χ1v) is 27.3. The van der Waals surface area contributed by atoms with E-state index in [9.17, 15) is 19.4 Å². The van der Waals surface area contributed by atoms with Crippen LogP contribution in [-0.2, 0) is 18.4 Å². The maximum atomic E-state index is 12.7. The van der Waals surface area contributed by atoms with Gasteiger partial charge < -0.3 is 28.8 Å². The Bertz CT molecular complexity index is 1090. The average molecular weight is 881 g/mol. The number of aliphatic hydroxyl groups is 1. The number of aliphatic hydroxyl groups excluding tert-OH is 1. The molecule has 8 nitrogen and oxygen atoms in total. The molecule has 0 spiro atoms. The SMILES string of the molecule is CCCCCCCCCCCCCCCCCCCCCCCC/C=C/CC/C=C/CC/C=C/C(O)C(COP(=O)([O-])OCC[N+](C)(C)C)NC(=O)CCCCCCCCC. The standard InChI is InChI=1S/C52H101N2O6P/c1-6-8-10-12-14-15-16-17-18-19-20-21-22-23-24-25-26-27-28-29-30-31-32-33-34-35-36-37-38-40-41-43-45-51(55)50(49-60-61(57,58)59-48-47-54(3,4)5)53-52(56)46-44-42-39-13-11-9-7-2/h33-34,37-38,43,45,50-51,55H,6-32,35-36,39-42,44,46-49H2,1-5H3,(H-,53,56,57,58)/b34-33+,38-37+,45-43+. The number of amides is 1. The van der Waals surface area contributed by atoms with Gasteiger partial charge in [-0.05, 0) is 44.9 Å². The van der Waals surface area contributed by atoms with Crippen LogP contribution >= 0.6 is 7.82 Å². The molecular formula is C52H101N2O6P. The van der Waals surface area contributed by atoms with Crippen LogP contribution in [0.15, 0.2) is 36.5 Å². The van der Waals surface area contributed by atoms with Crippen molar-refractivity contribution in [2.75, 3.05) is 40.9 Å². The van der Waals surface area contributed by atoms with E-state index in [1.54, 1.807) is 6.08 Å². The summed E-state index contributed by atoms with van der Waals surface area (Å²) >= 11 is 0. The largest absolute Gasteiger partial charge is 0.756 e. The van der Waals surface area contributed by atoms with Gasteiger partial charge in [0.05, 0.1) is 39.9 Å². The molecule has 0 bridgehead atoms. The predicted octanol–water partition coefficient (Wildman–Crippen LogP) is 14.4. The minimum atomic E-state index is -4.59. The van der Waals surface area contributed by atoms with Gasteiger partial charge in [0, 0.05) is 6.42 Å². The maximum Gasteiger partial charge on any atom is 0.268 e. The Hall–Kier alpha value is -1.28. The molecular weight excluding hydrogens is 780 g/mol. The molecule has 2 N–H and O–H groups in total. The number of phosphoric ester groups is 1. The van der Waals surface area contributed by atoms with Crippen LogP contribution in [0.2, 0.25) is 0 Å². The van der Waals surface area contributed by atoms with E-state index in [1.807, 2.05) is 27.2 Å². The fourth-order valence-electron chi connectivity index (χ4n) is 7.48. The smallest absolute Gasteiger partial charge is 0.268 e. The molecule has 0 aliphatic heterocycles. The van der Waals surface area contributed by atoms with Gasteiger partial charge in [0.2, 0.25) is 5.91 Å². The number of nitrogens with zero attached hydrogens (tertiary/aromatic N) is 1. The van der Waals surface area contributed by atoms with Crippen LogP contribution in [-0.4, -0.2) is 68.5 Å². The van der Waals surface area contributed by atoms with Gasteiger partial charge in [-0.25, -0.2) is 0 Å². The Morgan fingerprint density at radius 3 is 1.33 bits per heavy atom. The van der Waals surface area contributed by atoms with Gasteiger partial charge in [-0.3, -0.25) is 9.36 Å². The fraction of sp³-hybridized carbons (Fsp3) is 0.865. The number of hydrogen-bond donors (Lipinski definition) is 2. The molecule has 9 heteroatoms. The topological polar surface area (TPSA) is 108 Å². The van der Waals surface area contributed by atoms with Gasteiger partial charge in [0.25, 0.3) is 7.82 Å². The molecule has 360 valence electrons.